The van der Waals surface area contributed by atoms with Gasteiger partial charge in [0.25, 0.3) is 0 Å². The lowest BCUT2D eigenvalue weighted by atomic mass is 10.2. The van der Waals surface area contributed by atoms with Crippen molar-refractivity contribution in [3.63, 3.8) is 0 Å². The minimum absolute atomic E-state index is 0.254. The molecule has 3 nitrogen and oxygen atoms in total. The van der Waals surface area contributed by atoms with Gasteiger partial charge in [0.15, 0.2) is 0 Å². The van der Waals surface area contributed by atoms with Crippen LogP contribution in [-0.2, 0) is 0 Å². The van der Waals surface area contributed by atoms with Crippen molar-refractivity contribution in [2.75, 3.05) is 6.26 Å². The number of thioether (sulfide) groups is 1. The maximum Gasteiger partial charge on any atom is 0.707 e. The molecule has 0 aliphatic carbocycles. The highest BCUT2D eigenvalue weighted by Crippen LogP contribution is 2.28. The van der Waals surface area contributed by atoms with Gasteiger partial charge in [-0.1, -0.05) is 0 Å². The van der Waals surface area contributed by atoms with E-state index in [9.17, 15) is 4.39 Å². The van der Waals surface area contributed by atoms with Crippen molar-refractivity contribution in [1.82, 2.24) is 0 Å². The van der Waals surface area contributed by atoms with Crippen LogP contribution in [-0.4, -0.2) is 23.6 Å². The summed E-state index contributed by atoms with van der Waals surface area (Å²) in [7, 11) is -1.88. The third kappa shape index (κ3) is 2.91. The third-order valence-corrected chi connectivity index (χ3v) is 2.12. The minimum Gasteiger partial charge on any atom is -0.511 e. The summed E-state index contributed by atoms with van der Waals surface area (Å²) in [5.74, 6) is -0.131. The molecule has 2 N–H and O–H groups in total. The lowest BCUT2D eigenvalue weighted by Crippen LogP contribution is -2.20. The first-order valence-corrected chi connectivity index (χ1v) is 4.72. The fourth-order valence-electron chi connectivity index (χ4n) is 0.852. The summed E-state index contributed by atoms with van der Waals surface area (Å²) in [6, 6.07) is 3.81. The van der Waals surface area contributed by atoms with Crippen molar-refractivity contribution in [2.24, 2.45) is 0 Å². The lowest BCUT2D eigenvalue weighted by molar-refractivity contribution is 0.285. The Labute approximate surface area is 79.7 Å². The Bertz CT molecular complexity index is 295. The topological polar surface area (TPSA) is 49.7 Å². The van der Waals surface area contributed by atoms with Gasteiger partial charge in [-0.3, -0.25) is 0 Å². The molecule has 0 saturated heterocycles. The highest BCUT2D eigenvalue weighted by molar-refractivity contribution is 7.98. The molecule has 1 rings (SSSR count). The molecule has 0 spiro atoms. The molecule has 1 aromatic carbocycles. The van der Waals surface area contributed by atoms with E-state index < -0.39 is 7.32 Å². The third-order valence-electron chi connectivity index (χ3n) is 1.36. The number of halogens is 1. The molecule has 0 unspecified atom stereocenters. The second kappa shape index (κ2) is 4.50. The molecule has 13 heavy (non-hydrogen) atoms. The van der Waals surface area contributed by atoms with Crippen LogP contribution in [0, 0.1) is 5.82 Å². The second-order valence-electron chi connectivity index (χ2n) is 2.24. The highest BCUT2D eigenvalue weighted by atomic mass is 32.2. The fraction of sp³-hybridized carbons (Fsp3) is 0.143. The first kappa shape index (κ1) is 10.4. The molecular formula is C7H8BFO3S. The summed E-state index contributed by atoms with van der Waals surface area (Å²) < 4.78 is 17.3. The average molecular weight is 202 g/mol. The first-order chi connectivity index (χ1) is 6.13. The van der Waals surface area contributed by atoms with E-state index in [4.69, 9.17) is 10.0 Å². The molecule has 0 amide bonds. The van der Waals surface area contributed by atoms with Gasteiger partial charge in [-0.05, 0) is 24.5 Å². The first-order valence-electron chi connectivity index (χ1n) is 3.50. The monoisotopic (exact) mass is 202 g/mol. The summed E-state index contributed by atoms with van der Waals surface area (Å²) >= 11 is 1.26. The van der Waals surface area contributed by atoms with Crippen LogP contribution >= 0.6 is 11.8 Å². The Morgan fingerprint density at radius 1 is 1.46 bits per heavy atom. The Morgan fingerprint density at radius 2 is 2.15 bits per heavy atom. The van der Waals surface area contributed by atoms with Crippen LogP contribution < -0.4 is 4.65 Å². The summed E-state index contributed by atoms with van der Waals surface area (Å²) in [4.78, 5) is 0.521. The number of benzene rings is 1. The number of rotatable bonds is 3. The molecule has 0 heterocycles. The van der Waals surface area contributed by atoms with Gasteiger partial charge in [-0.2, -0.15) is 0 Å². The van der Waals surface area contributed by atoms with Crippen LogP contribution in [0.5, 0.6) is 5.75 Å². The summed E-state index contributed by atoms with van der Waals surface area (Å²) in [6.45, 7) is 0. The van der Waals surface area contributed by atoms with Gasteiger partial charge >= 0.3 is 7.32 Å². The minimum atomic E-state index is -1.88. The van der Waals surface area contributed by atoms with Crippen LogP contribution in [0.1, 0.15) is 0 Å². The van der Waals surface area contributed by atoms with E-state index in [1.807, 2.05) is 0 Å². The summed E-state index contributed by atoms with van der Waals surface area (Å²) in [5.41, 5.74) is 0. The average Bonchev–Trinajstić information content (AvgIpc) is 2.07. The van der Waals surface area contributed by atoms with Crippen LogP contribution in [0.4, 0.5) is 4.39 Å². The molecule has 70 valence electrons. The predicted octanol–water partition coefficient (Wildman–Crippen LogP) is 0.896. The zero-order valence-electron chi connectivity index (χ0n) is 6.90. The molecule has 0 aromatic heterocycles. The van der Waals surface area contributed by atoms with Crippen LogP contribution in [0.25, 0.3) is 0 Å². The van der Waals surface area contributed by atoms with Gasteiger partial charge in [0.05, 0.1) is 4.90 Å². The van der Waals surface area contributed by atoms with E-state index >= 15 is 0 Å². The molecule has 0 atom stereocenters. The quantitative estimate of drug-likeness (QED) is 0.564. The molecule has 0 bridgehead atoms. The SMILES string of the molecule is CSc1cc(F)ccc1OB(O)O. The van der Waals surface area contributed by atoms with Crippen LogP contribution in [0.3, 0.4) is 0 Å². The smallest absolute Gasteiger partial charge is 0.511 e. The van der Waals surface area contributed by atoms with Gasteiger partial charge in [0, 0.05) is 0 Å². The van der Waals surface area contributed by atoms with Gasteiger partial charge < -0.3 is 14.7 Å². The summed E-state index contributed by atoms with van der Waals surface area (Å²) in [5, 5.41) is 17.1. The van der Waals surface area contributed by atoms with E-state index in [0.29, 0.717) is 4.90 Å². The molecular weight excluding hydrogens is 194 g/mol. The molecule has 6 heteroatoms. The van der Waals surface area contributed by atoms with Crippen molar-refractivity contribution < 1.29 is 19.1 Å². The number of hydrogen-bond donors (Lipinski definition) is 2. The fourth-order valence-corrected chi connectivity index (χ4v) is 1.40. The molecule has 1 aromatic rings. The Balaban J connectivity index is 2.92. The van der Waals surface area contributed by atoms with Crippen LogP contribution in [0.15, 0.2) is 23.1 Å². The molecule has 0 radical (unpaired) electrons. The second-order valence-corrected chi connectivity index (χ2v) is 3.09. The molecule has 0 aliphatic rings. The molecule has 0 fully saturated rings. The Kier molecular flexibility index (Phi) is 3.59. The van der Waals surface area contributed by atoms with E-state index in [-0.39, 0.29) is 11.6 Å². The van der Waals surface area contributed by atoms with Crippen molar-refractivity contribution >= 4 is 19.1 Å². The predicted molar refractivity (Wildman–Crippen MR) is 49.0 cm³/mol. The van der Waals surface area contributed by atoms with E-state index in [2.05, 4.69) is 4.65 Å². The Hall–Kier alpha value is -0.715. The van der Waals surface area contributed by atoms with Gasteiger partial charge in [-0.15, -0.1) is 11.8 Å². The number of hydrogen-bond acceptors (Lipinski definition) is 4. The van der Waals surface area contributed by atoms with Crippen molar-refractivity contribution in [1.29, 1.82) is 0 Å². The van der Waals surface area contributed by atoms with Crippen molar-refractivity contribution in [2.45, 2.75) is 4.90 Å². The zero-order chi connectivity index (χ0) is 9.84. The normalized spacial score (nSPS) is 9.85. The lowest BCUT2D eigenvalue weighted by Gasteiger charge is -2.08. The molecule has 0 saturated carbocycles. The molecule has 0 aliphatic heterocycles. The van der Waals surface area contributed by atoms with Crippen LogP contribution in [0.2, 0.25) is 0 Å². The van der Waals surface area contributed by atoms with Gasteiger partial charge in [0.2, 0.25) is 0 Å². The van der Waals surface area contributed by atoms with E-state index in [1.165, 1.54) is 30.0 Å². The van der Waals surface area contributed by atoms with Gasteiger partial charge in [-0.25, -0.2) is 4.39 Å². The Morgan fingerprint density at radius 3 is 2.69 bits per heavy atom. The van der Waals surface area contributed by atoms with E-state index in [0.717, 1.165) is 0 Å². The summed E-state index contributed by atoms with van der Waals surface area (Å²) in [6.07, 6.45) is 1.74. The largest absolute Gasteiger partial charge is 0.707 e. The van der Waals surface area contributed by atoms with E-state index in [1.54, 1.807) is 6.26 Å². The maximum absolute atomic E-state index is 12.7. The van der Waals surface area contributed by atoms with Crippen molar-refractivity contribution in [3.05, 3.63) is 24.0 Å². The zero-order valence-corrected chi connectivity index (χ0v) is 7.71. The highest BCUT2D eigenvalue weighted by Gasteiger charge is 2.14. The van der Waals surface area contributed by atoms with Gasteiger partial charge in [0.1, 0.15) is 11.6 Å². The standard InChI is InChI=1S/C7H8BFO3S/c1-13-7-4-5(9)2-3-6(7)12-8(10)11/h2-4,10-11H,1H3. The van der Waals surface area contributed by atoms with Crippen molar-refractivity contribution in [3.8, 4) is 5.75 Å². The maximum atomic E-state index is 12.7.